The molecule has 0 aromatic rings. The highest BCUT2D eigenvalue weighted by Crippen LogP contribution is 2.29. The van der Waals surface area contributed by atoms with E-state index in [1.54, 1.807) is 0 Å². The van der Waals surface area contributed by atoms with Crippen molar-refractivity contribution in [3.05, 3.63) is 0 Å². The van der Waals surface area contributed by atoms with Gasteiger partial charge in [0.05, 0.1) is 0 Å². The van der Waals surface area contributed by atoms with Gasteiger partial charge in [-0.2, -0.15) is 0 Å². The van der Waals surface area contributed by atoms with Gasteiger partial charge in [0.2, 0.25) is 0 Å². The molecule has 0 aliphatic carbocycles. The zero-order valence-corrected chi connectivity index (χ0v) is 19.5. The summed E-state index contributed by atoms with van der Waals surface area (Å²) in [5, 5.41) is 0. The van der Waals surface area contributed by atoms with E-state index in [1.165, 1.54) is 0 Å². The molecule has 5 nitrogen and oxygen atoms in total. The van der Waals surface area contributed by atoms with Crippen molar-refractivity contribution in [3.8, 4) is 0 Å². The first-order chi connectivity index (χ1) is 12.1. The third-order valence-electron chi connectivity index (χ3n) is 3.59. The van der Waals surface area contributed by atoms with Crippen molar-refractivity contribution in [1.82, 2.24) is 0 Å². The molecule has 0 aromatic carbocycles. The minimum absolute atomic E-state index is 0.593. The van der Waals surface area contributed by atoms with Crippen molar-refractivity contribution in [2.75, 3.05) is 26.4 Å². The van der Waals surface area contributed by atoms with E-state index in [1.807, 2.05) is 0 Å². The average molecular weight is 395 g/mol. The highest BCUT2D eigenvalue weighted by molar-refractivity contribution is 6.76. The lowest BCUT2D eigenvalue weighted by Gasteiger charge is -2.38. The maximum Gasteiger partial charge on any atom is 0.670 e. The second-order valence-corrected chi connectivity index (χ2v) is 12.2. The molecule has 0 amide bonds. The molecule has 7 heteroatoms. The van der Waals surface area contributed by atoms with Crippen LogP contribution < -0.4 is 0 Å². The molecule has 0 rings (SSSR count). The van der Waals surface area contributed by atoms with Crippen LogP contribution in [0.15, 0.2) is 0 Å². The van der Waals surface area contributed by atoms with Crippen LogP contribution in [-0.4, -0.2) is 44.0 Å². The summed E-state index contributed by atoms with van der Waals surface area (Å²) in [7, 11) is -5.60. The lowest BCUT2D eigenvalue weighted by molar-refractivity contribution is -0.0122. The van der Waals surface area contributed by atoms with Crippen LogP contribution in [0.5, 0.6) is 0 Å². The minimum Gasteiger partial charge on any atom is -0.395 e. The van der Waals surface area contributed by atoms with E-state index in [9.17, 15) is 0 Å². The van der Waals surface area contributed by atoms with Gasteiger partial charge >= 0.3 is 17.6 Å². The van der Waals surface area contributed by atoms with E-state index in [0.29, 0.717) is 19.8 Å². The lowest BCUT2D eigenvalue weighted by Crippen LogP contribution is -2.59. The van der Waals surface area contributed by atoms with Crippen LogP contribution in [0.25, 0.3) is 0 Å². The molecule has 0 radical (unpaired) electrons. The number of rotatable bonds is 18. The van der Waals surface area contributed by atoms with Gasteiger partial charge in [-0.1, -0.05) is 54.4 Å². The van der Waals surface area contributed by atoms with Crippen LogP contribution in [0.1, 0.15) is 80.1 Å². The van der Waals surface area contributed by atoms with Crippen LogP contribution in [0.2, 0.25) is 12.1 Å². The maximum absolute atomic E-state index is 6.70. The van der Waals surface area contributed by atoms with Gasteiger partial charge in [-0.25, -0.2) is 0 Å². The first-order valence-corrected chi connectivity index (χ1v) is 14.2. The fourth-order valence-electron chi connectivity index (χ4n) is 2.57. The maximum atomic E-state index is 6.70. The van der Waals surface area contributed by atoms with Crippen molar-refractivity contribution in [1.29, 1.82) is 0 Å². The summed E-state index contributed by atoms with van der Waals surface area (Å²) >= 11 is 0. The third-order valence-corrected chi connectivity index (χ3v) is 11.0. The van der Waals surface area contributed by atoms with Crippen molar-refractivity contribution in [2.24, 2.45) is 0 Å². The molecular formula is C18H42O5Si2. The Morgan fingerprint density at radius 2 is 0.840 bits per heavy atom. The van der Waals surface area contributed by atoms with Crippen LogP contribution >= 0.6 is 0 Å². The molecule has 0 N–H and O–H groups in total. The van der Waals surface area contributed by atoms with Crippen molar-refractivity contribution < 1.29 is 21.8 Å². The minimum atomic E-state index is -3.18. The predicted octanol–water partition coefficient (Wildman–Crippen LogP) is 5.41. The van der Waals surface area contributed by atoms with Gasteiger partial charge in [-0.15, -0.1) is 0 Å². The second-order valence-electron chi connectivity index (χ2n) is 6.41. The molecule has 0 aliphatic rings. The van der Waals surface area contributed by atoms with E-state index >= 15 is 0 Å². The van der Waals surface area contributed by atoms with Gasteiger partial charge in [0.15, 0.2) is 0 Å². The van der Waals surface area contributed by atoms with Crippen molar-refractivity contribution >= 4 is 17.6 Å². The summed E-state index contributed by atoms with van der Waals surface area (Å²) in [6.07, 6.45) is 5.80. The van der Waals surface area contributed by atoms with Crippen LogP contribution in [-0.2, 0) is 21.8 Å². The van der Waals surface area contributed by atoms with Gasteiger partial charge in [0, 0.05) is 26.4 Å². The molecule has 25 heavy (non-hydrogen) atoms. The van der Waals surface area contributed by atoms with Crippen LogP contribution in [0, 0.1) is 0 Å². The first-order valence-electron chi connectivity index (χ1n) is 10.3. The molecule has 0 fully saturated rings. The summed E-state index contributed by atoms with van der Waals surface area (Å²) in [5.74, 6) is 0. The summed E-state index contributed by atoms with van der Waals surface area (Å²) in [6.45, 7) is 15.3. The van der Waals surface area contributed by atoms with Crippen LogP contribution in [0.4, 0.5) is 0 Å². The third kappa shape index (κ3) is 10.2. The monoisotopic (exact) mass is 394 g/mol. The Morgan fingerprint density at radius 1 is 0.480 bits per heavy atom. The average Bonchev–Trinajstić information content (AvgIpc) is 2.61. The Morgan fingerprint density at radius 3 is 1.16 bits per heavy atom. The van der Waals surface area contributed by atoms with Crippen molar-refractivity contribution in [3.63, 3.8) is 0 Å². The highest BCUT2D eigenvalue weighted by atomic mass is 28.5. The zero-order valence-electron chi connectivity index (χ0n) is 17.5. The molecule has 152 valence electrons. The molecule has 0 aliphatic heterocycles. The molecule has 0 unspecified atom stereocenters. The Balaban J connectivity index is 5.52. The number of hydrogen-bond acceptors (Lipinski definition) is 5. The fraction of sp³-hybridized carbons (Fsp3) is 1.00. The van der Waals surface area contributed by atoms with Gasteiger partial charge in [-0.3, -0.25) is 0 Å². The normalized spacial score (nSPS) is 12.7. The Hall–Kier alpha value is 0.234. The summed E-state index contributed by atoms with van der Waals surface area (Å²) < 4.78 is 31.5. The Kier molecular flexibility index (Phi) is 15.5. The van der Waals surface area contributed by atoms with E-state index in [0.717, 1.165) is 57.2 Å². The smallest absolute Gasteiger partial charge is 0.395 e. The fourth-order valence-corrected chi connectivity index (χ4v) is 10.4. The van der Waals surface area contributed by atoms with E-state index in [-0.39, 0.29) is 0 Å². The molecule has 0 aromatic heterocycles. The van der Waals surface area contributed by atoms with Gasteiger partial charge in [-0.05, 0) is 37.8 Å². The quantitative estimate of drug-likeness (QED) is 0.291. The van der Waals surface area contributed by atoms with E-state index < -0.39 is 17.6 Å². The van der Waals surface area contributed by atoms with Crippen molar-refractivity contribution in [2.45, 2.75) is 92.2 Å². The SMILES string of the molecule is CCCO[Si](CCC)(CCC)O[Si](OCCC)(OCCC)OCCC. The molecule has 0 spiro atoms. The van der Waals surface area contributed by atoms with Gasteiger partial charge in [0.25, 0.3) is 0 Å². The Labute approximate surface area is 158 Å². The van der Waals surface area contributed by atoms with Gasteiger partial charge in [0.1, 0.15) is 0 Å². The standard InChI is InChI=1S/C18H42O5Si2/c1-7-13-19-24(17-11-5,18-12-6)23-25(20-14-8-2,21-15-9-3)22-16-10-4/h7-18H2,1-6H3. The highest BCUT2D eigenvalue weighted by Gasteiger charge is 2.54. The summed E-state index contributed by atoms with van der Waals surface area (Å²) in [4.78, 5) is 0. The zero-order chi connectivity index (χ0) is 19.0. The van der Waals surface area contributed by atoms with Crippen LogP contribution in [0.3, 0.4) is 0 Å². The largest absolute Gasteiger partial charge is 0.670 e. The molecular weight excluding hydrogens is 352 g/mol. The lowest BCUT2D eigenvalue weighted by atomic mass is 10.5. The topological polar surface area (TPSA) is 46.2 Å². The second kappa shape index (κ2) is 15.3. The van der Waals surface area contributed by atoms with E-state index in [2.05, 4.69) is 41.5 Å². The molecule has 0 atom stereocenters. The Bertz CT molecular complexity index is 277. The summed E-state index contributed by atoms with van der Waals surface area (Å²) in [6, 6.07) is 1.91. The first kappa shape index (κ1) is 25.2. The molecule has 0 bridgehead atoms. The molecule has 0 saturated carbocycles. The van der Waals surface area contributed by atoms with E-state index in [4.69, 9.17) is 21.8 Å². The number of hydrogen-bond donors (Lipinski definition) is 0. The predicted molar refractivity (Wildman–Crippen MR) is 108 cm³/mol. The van der Waals surface area contributed by atoms with Gasteiger partial charge < -0.3 is 21.8 Å². The molecule has 0 saturated heterocycles. The molecule has 0 heterocycles. The summed E-state index contributed by atoms with van der Waals surface area (Å²) in [5.41, 5.74) is 0.